The number of methoxy groups -OCH3 is 1. The van der Waals surface area contributed by atoms with Crippen LogP contribution in [0.1, 0.15) is 12.8 Å². The molecule has 1 saturated heterocycles. The number of halogens is 1. The molecule has 1 fully saturated rings. The maximum Gasteiger partial charge on any atom is 0.243 e. The zero-order valence-corrected chi connectivity index (χ0v) is 15.6. The molecule has 0 bridgehead atoms. The average molecular weight is 391 g/mol. The van der Waals surface area contributed by atoms with E-state index in [1.165, 1.54) is 23.5 Å². The van der Waals surface area contributed by atoms with Gasteiger partial charge in [0.2, 0.25) is 15.9 Å². The standard InChI is InChI=1S/C16H23ClN2O5S/c1-24-11-14(20)10-18-16(21)12-6-8-19(9-7-12)25(22,23)15-4-2-13(17)3-5-15/h2-5,12,14,20H,6-11H2,1H3,(H,18,21)/t14-/m1/s1. The SMILES string of the molecule is COC[C@H](O)CNC(=O)C1CCN(S(=O)(=O)c2ccc(Cl)cc2)CC1. The summed E-state index contributed by atoms with van der Waals surface area (Å²) in [7, 11) is -2.10. The lowest BCUT2D eigenvalue weighted by molar-refractivity contribution is -0.126. The maximum atomic E-state index is 12.6. The second-order valence-corrected chi connectivity index (χ2v) is 8.36. The third-order valence-corrected chi connectivity index (χ3v) is 6.31. The van der Waals surface area contributed by atoms with Crippen molar-refractivity contribution in [1.82, 2.24) is 9.62 Å². The quantitative estimate of drug-likeness (QED) is 0.720. The van der Waals surface area contributed by atoms with Crippen LogP contribution in [0.3, 0.4) is 0 Å². The molecule has 0 aliphatic carbocycles. The fourth-order valence-corrected chi connectivity index (χ4v) is 4.32. The lowest BCUT2D eigenvalue weighted by atomic mass is 9.97. The molecule has 0 aromatic heterocycles. The second kappa shape index (κ2) is 8.95. The Bertz CT molecular complexity index is 672. The zero-order chi connectivity index (χ0) is 18.4. The number of hydrogen-bond donors (Lipinski definition) is 2. The highest BCUT2D eigenvalue weighted by Crippen LogP contribution is 2.24. The number of rotatable bonds is 7. The van der Waals surface area contributed by atoms with E-state index in [4.69, 9.17) is 16.3 Å². The van der Waals surface area contributed by atoms with Gasteiger partial charge in [0, 0.05) is 37.7 Å². The molecule has 25 heavy (non-hydrogen) atoms. The van der Waals surface area contributed by atoms with Gasteiger partial charge in [0.05, 0.1) is 17.6 Å². The second-order valence-electron chi connectivity index (χ2n) is 5.99. The van der Waals surface area contributed by atoms with Gasteiger partial charge >= 0.3 is 0 Å². The van der Waals surface area contributed by atoms with Gasteiger partial charge in [0.15, 0.2) is 0 Å². The molecule has 7 nitrogen and oxygen atoms in total. The van der Waals surface area contributed by atoms with Crippen molar-refractivity contribution in [3.8, 4) is 0 Å². The van der Waals surface area contributed by atoms with E-state index in [-0.39, 0.29) is 43.0 Å². The van der Waals surface area contributed by atoms with Crippen molar-refractivity contribution in [3.63, 3.8) is 0 Å². The normalized spacial score (nSPS) is 18.0. The van der Waals surface area contributed by atoms with Crippen LogP contribution in [0, 0.1) is 5.92 Å². The molecule has 1 aliphatic heterocycles. The van der Waals surface area contributed by atoms with Gasteiger partial charge in [-0.15, -0.1) is 0 Å². The van der Waals surface area contributed by atoms with Gasteiger partial charge in [-0.3, -0.25) is 4.79 Å². The Kier molecular flexibility index (Phi) is 7.21. The van der Waals surface area contributed by atoms with Gasteiger partial charge in [-0.2, -0.15) is 4.31 Å². The Morgan fingerprint density at radius 2 is 1.96 bits per heavy atom. The third-order valence-electron chi connectivity index (χ3n) is 4.15. The van der Waals surface area contributed by atoms with E-state index in [0.717, 1.165) is 0 Å². The summed E-state index contributed by atoms with van der Waals surface area (Å²) in [6, 6.07) is 6.04. The van der Waals surface area contributed by atoms with Crippen molar-refractivity contribution in [2.24, 2.45) is 5.92 Å². The van der Waals surface area contributed by atoms with Gasteiger partial charge in [-0.25, -0.2) is 8.42 Å². The van der Waals surface area contributed by atoms with Crippen LogP contribution < -0.4 is 5.32 Å². The summed E-state index contributed by atoms with van der Waals surface area (Å²) < 4.78 is 31.4. The molecule has 1 atom stereocenters. The molecule has 1 heterocycles. The lowest BCUT2D eigenvalue weighted by Crippen LogP contribution is -2.44. The van der Waals surface area contributed by atoms with Gasteiger partial charge in [-0.05, 0) is 37.1 Å². The summed E-state index contributed by atoms with van der Waals surface area (Å²) >= 11 is 5.79. The number of aliphatic hydroxyl groups is 1. The van der Waals surface area contributed by atoms with Crippen LogP contribution in [0.25, 0.3) is 0 Å². The van der Waals surface area contributed by atoms with Crippen molar-refractivity contribution in [2.45, 2.75) is 23.8 Å². The topological polar surface area (TPSA) is 95.9 Å². The van der Waals surface area contributed by atoms with E-state index < -0.39 is 16.1 Å². The Balaban J connectivity index is 1.88. The highest BCUT2D eigenvalue weighted by atomic mass is 35.5. The molecule has 1 amide bonds. The molecular weight excluding hydrogens is 368 g/mol. The first kappa shape index (κ1) is 20.1. The molecule has 0 unspecified atom stereocenters. The van der Waals surface area contributed by atoms with Gasteiger partial charge in [0.25, 0.3) is 0 Å². The number of ether oxygens (including phenoxy) is 1. The summed E-state index contributed by atoms with van der Waals surface area (Å²) in [6.07, 6.45) is 0.136. The third kappa shape index (κ3) is 5.39. The van der Waals surface area contributed by atoms with Gasteiger partial charge < -0.3 is 15.2 Å². The molecule has 1 aromatic carbocycles. The number of benzene rings is 1. The van der Waals surface area contributed by atoms with Crippen LogP contribution in [-0.2, 0) is 19.6 Å². The number of carbonyl (C=O) groups excluding carboxylic acids is 1. The van der Waals surface area contributed by atoms with Crippen molar-refractivity contribution in [3.05, 3.63) is 29.3 Å². The van der Waals surface area contributed by atoms with E-state index in [9.17, 15) is 18.3 Å². The molecule has 0 saturated carbocycles. The number of piperidine rings is 1. The average Bonchev–Trinajstić information content (AvgIpc) is 2.60. The largest absolute Gasteiger partial charge is 0.389 e. The van der Waals surface area contributed by atoms with Crippen molar-refractivity contribution < 1.29 is 23.1 Å². The number of nitrogens with zero attached hydrogens (tertiary/aromatic N) is 1. The number of carbonyl (C=O) groups is 1. The summed E-state index contributed by atoms with van der Waals surface area (Å²) in [5.41, 5.74) is 0. The number of nitrogens with one attached hydrogen (secondary N) is 1. The van der Waals surface area contributed by atoms with Crippen molar-refractivity contribution in [1.29, 1.82) is 0 Å². The Morgan fingerprint density at radius 1 is 1.36 bits per heavy atom. The first-order valence-electron chi connectivity index (χ1n) is 8.05. The van der Waals surface area contributed by atoms with Crippen LogP contribution in [0.2, 0.25) is 5.02 Å². The minimum atomic E-state index is -3.57. The monoisotopic (exact) mass is 390 g/mol. The molecule has 2 rings (SSSR count). The Morgan fingerprint density at radius 3 is 2.52 bits per heavy atom. The van der Waals surface area contributed by atoms with Crippen LogP contribution in [0.15, 0.2) is 29.2 Å². The first-order valence-corrected chi connectivity index (χ1v) is 9.87. The molecular formula is C16H23ClN2O5S. The van der Waals surface area contributed by atoms with Crippen LogP contribution in [-0.4, -0.2) is 63.2 Å². The van der Waals surface area contributed by atoms with Gasteiger partial charge in [0.1, 0.15) is 0 Å². The number of sulfonamides is 1. The van der Waals surface area contributed by atoms with E-state index in [1.54, 1.807) is 12.1 Å². The summed E-state index contributed by atoms with van der Waals surface area (Å²) in [5.74, 6) is -0.426. The summed E-state index contributed by atoms with van der Waals surface area (Å²) in [6.45, 7) is 0.835. The fraction of sp³-hybridized carbons (Fsp3) is 0.562. The van der Waals surface area contributed by atoms with E-state index in [0.29, 0.717) is 17.9 Å². The molecule has 0 radical (unpaired) electrons. The van der Waals surface area contributed by atoms with Gasteiger partial charge in [-0.1, -0.05) is 11.6 Å². The number of hydrogen-bond acceptors (Lipinski definition) is 5. The fourth-order valence-electron chi connectivity index (χ4n) is 2.73. The smallest absolute Gasteiger partial charge is 0.243 e. The number of amides is 1. The van der Waals surface area contributed by atoms with Crippen LogP contribution in [0.5, 0.6) is 0 Å². The van der Waals surface area contributed by atoms with E-state index in [2.05, 4.69) is 5.32 Å². The predicted molar refractivity (Wildman–Crippen MR) is 93.8 cm³/mol. The lowest BCUT2D eigenvalue weighted by Gasteiger charge is -2.30. The molecule has 2 N–H and O–H groups in total. The van der Waals surface area contributed by atoms with Crippen molar-refractivity contribution in [2.75, 3.05) is 33.4 Å². The summed E-state index contributed by atoms with van der Waals surface area (Å²) in [5, 5.41) is 12.7. The Hall–Kier alpha value is -1.19. The van der Waals surface area contributed by atoms with E-state index >= 15 is 0 Å². The molecule has 140 valence electrons. The Labute approximate surface area is 153 Å². The minimum absolute atomic E-state index is 0.121. The molecule has 9 heteroatoms. The minimum Gasteiger partial charge on any atom is -0.389 e. The highest BCUT2D eigenvalue weighted by Gasteiger charge is 2.32. The van der Waals surface area contributed by atoms with Crippen LogP contribution in [0.4, 0.5) is 0 Å². The molecule has 1 aliphatic rings. The zero-order valence-electron chi connectivity index (χ0n) is 14.0. The van der Waals surface area contributed by atoms with E-state index in [1.807, 2.05) is 0 Å². The number of aliphatic hydroxyl groups excluding tert-OH is 1. The first-order chi connectivity index (χ1) is 11.8. The van der Waals surface area contributed by atoms with Crippen LogP contribution >= 0.6 is 11.6 Å². The molecule has 1 aromatic rings. The predicted octanol–water partition coefficient (Wildman–Crippen LogP) is 0.864. The maximum absolute atomic E-state index is 12.6. The summed E-state index contributed by atoms with van der Waals surface area (Å²) in [4.78, 5) is 12.3. The molecule has 0 spiro atoms. The van der Waals surface area contributed by atoms with Crippen molar-refractivity contribution >= 4 is 27.5 Å². The highest BCUT2D eigenvalue weighted by molar-refractivity contribution is 7.89.